The van der Waals surface area contributed by atoms with Gasteiger partial charge >= 0.3 is 5.97 Å². The monoisotopic (exact) mass is 392 g/mol. The number of nitrogens with zero attached hydrogens (tertiary/aromatic N) is 4. The van der Waals surface area contributed by atoms with Crippen molar-refractivity contribution < 1.29 is 14.3 Å². The van der Waals surface area contributed by atoms with E-state index in [0.29, 0.717) is 17.1 Å². The first kappa shape index (κ1) is 17.9. The number of methoxy groups -OCH3 is 1. The first-order valence-electron chi connectivity index (χ1n) is 8.45. The lowest BCUT2D eigenvalue weighted by molar-refractivity contribution is 0.0468. The zero-order chi connectivity index (χ0) is 19.3. The Balaban J connectivity index is 1.37. The Morgan fingerprint density at radius 2 is 2.04 bits per heavy atom. The third-order valence-corrected chi connectivity index (χ3v) is 4.90. The van der Waals surface area contributed by atoms with E-state index in [1.807, 2.05) is 29.6 Å². The second kappa shape index (κ2) is 8.01. The highest BCUT2D eigenvalue weighted by Gasteiger charge is 2.11. The summed E-state index contributed by atoms with van der Waals surface area (Å²) < 4.78 is 12.1. The van der Waals surface area contributed by atoms with Gasteiger partial charge in [0.25, 0.3) is 0 Å². The summed E-state index contributed by atoms with van der Waals surface area (Å²) in [5.41, 5.74) is 2.06. The average molecular weight is 392 g/mol. The summed E-state index contributed by atoms with van der Waals surface area (Å²) in [5.74, 6) is 0.977. The molecule has 0 radical (unpaired) electrons. The molecule has 0 amide bonds. The lowest BCUT2D eigenvalue weighted by Gasteiger charge is -2.04. The van der Waals surface area contributed by atoms with Crippen LogP contribution in [0.2, 0.25) is 0 Å². The maximum Gasteiger partial charge on any atom is 0.340 e. The van der Waals surface area contributed by atoms with Crippen molar-refractivity contribution in [3.63, 3.8) is 0 Å². The maximum absolute atomic E-state index is 12.2. The van der Waals surface area contributed by atoms with Crippen LogP contribution in [-0.4, -0.2) is 32.8 Å². The van der Waals surface area contributed by atoms with E-state index < -0.39 is 5.97 Å². The molecule has 3 aromatic heterocycles. The Kier molecular flexibility index (Phi) is 5.11. The van der Waals surface area contributed by atoms with Crippen molar-refractivity contribution in [1.82, 2.24) is 19.7 Å². The van der Waals surface area contributed by atoms with Crippen LogP contribution in [0.3, 0.4) is 0 Å². The highest BCUT2D eigenvalue weighted by molar-refractivity contribution is 7.13. The van der Waals surface area contributed by atoms with Crippen molar-refractivity contribution in [2.75, 3.05) is 7.11 Å². The second-order valence-corrected chi connectivity index (χ2v) is 6.66. The summed E-state index contributed by atoms with van der Waals surface area (Å²) in [7, 11) is 1.63. The van der Waals surface area contributed by atoms with Crippen LogP contribution in [0, 0.1) is 0 Å². The van der Waals surface area contributed by atoms with Gasteiger partial charge in [0.1, 0.15) is 17.4 Å². The van der Waals surface area contributed by atoms with E-state index in [-0.39, 0.29) is 6.61 Å². The molecule has 0 N–H and O–H groups in total. The minimum atomic E-state index is -0.446. The standard InChI is InChI=1S/C20H16N4O3S/c1-26-17-6-3-14(4-7-17)19-23-16(13-28-19)12-27-20(25)15-5-8-18(21-11-15)24-10-2-9-22-24/h2-11,13H,12H2,1H3. The summed E-state index contributed by atoms with van der Waals surface area (Å²) in [4.78, 5) is 21.0. The van der Waals surface area contributed by atoms with Crippen LogP contribution in [0.5, 0.6) is 5.75 Å². The molecule has 0 aliphatic carbocycles. The van der Waals surface area contributed by atoms with E-state index in [1.165, 1.54) is 17.5 Å². The molecule has 140 valence electrons. The fraction of sp³-hybridized carbons (Fsp3) is 0.100. The molecule has 8 heteroatoms. The number of ether oxygens (including phenoxy) is 2. The average Bonchev–Trinajstić information content (AvgIpc) is 3.44. The Morgan fingerprint density at radius 1 is 1.18 bits per heavy atom. The Hall–Kier alpha value is -3.52. The molecule has 0 aliphatic heterocycles. The Bertz CT molecular complexity index is 1060. The summed E-state index contributed by atoms with van der Waals surface area (Å²) in [6.45, 7) is 0.104. The van der Waals surface area contributed by atoms with Crippen molar-refractivity contribution in [2.45, 2.75) is 6.61 Å². The van der Waals surface area contributed by atoms with Gasteiger partial charge in [-0.1, -0.05) is 0 Å². The molecule has 0 saturated carbocycles. The molecule has 0 aliphatic rings. The number of thiazole rings is 1. The largest absolute Gasteiger partial charge is 0.497 e. The number of hydrogen-bond acceptors (Lipinski definition) is 7. The summed E-state index contributed by atoms with van der Waals surface area (Å²) in [5, 5.41) is 6.84. The normalized spacial score (nSPS) is 10.6. The van der Waals surface area contributed by atoms with Crippen molar-refractivity contribution in [3.8, 4) is 22.1 Å². The maximum atomic E-state index is 12.2. The number of esters is 1. The first-order valence-corrected chi connectivity index (χ1v) is 9.33. The molecule has 7 nitrogen and oxygen atoms in total. The van der Waals surface area contributed by atoms with Crippen LogP contribution in [0.25, 0.3) is 16.4 Å². The van der Waals surface area contributed by atoms with Crippen molar-refractivity contribution in [2.24, 2.45) is 0 Å². The van der Waals surface area contributed by atoms with Crippen LogP contribution in [0.15, 0.2) is 66.4 Å². The zero-order valence-corrected chi connectivity index (χ0v) is 15.8. The highest BCUT2D eigenvalue weighted by Crippen LogP contribution is 2.26. The topological polar surface area (TPSA) is 79.1 Å². The van der Waals surface area contributed by atoms with Crippen LogP contribution in [0.1, 0.15) is 16.1 Å². The van der Waals surface area contributed by atoms with Gasteiger partial charge in [0.2, 0.25) is 0 Å². The zero-order valence-electron chi connectivity index (χ0n) is 15.0. The lowest BCUT2D eigenvalue weighted by atomic mass is 10.2. The van der Waals surface area contributed by atoms with Crippen LogP contribution < -0.4 is 4.74 Å². The van der Waals surface area contributed by atoms with Gasteiger partial charge in [0, 0.05) is 29.5 Å². The van der Waals surface area contributed by atoms with Gasteiger partial charge in [0.15, 0.2) is 5.82 Å². The number of pyridine rings is 1. The third kappa shape index (κ3) is 3.91. The molecule has 4 aromatic rings. The lowest BCUT2D eigenvalue weighted by Crippen LogP contribution is -2.07. The molecule has 0 fully saturated rings. The molecule has 0 unspecified atom stereocenters. The molecule has 1 aromatic carbocycles. The number of carbonyl (C=O) groups is 1. The van der Waals surface area contributed by atoms with Gasteiger partial charge in [-0.15, -0.1) is 11.3 Å². The van der Waals surface area contributed by atoms with Gasteiger partial charge in [-0.05, 0) is 42.5 Å². The number of hydrogen-bond donors (Lipinski definition) is 0. The van der Waals surface area contributed by atoms with Crippen molar-refractivity contribution in [1.29, 1.82) is 0 Å². The number of rotatable bonds is 6. The first-order chi connectivity index (χ1) is 13.7. The van der Waals surface area contributed by atoms with Crippen molar-refractivity contribution >= 4 is 17.3 Å². The van der Waals surface area contributed by atoms with E-state index in [0.717, 1.165) is 16.3 Å². The van der Waals surface area contributed by atoms with Crippen LogP contribution in [0.4, 0.5) is 0 Å². The molecule has 28 heavy (non-hydrogen) atoms. The van der Waals surface area contributed by atoms with Crippen LogP contribution in [-0.2, 0) is 11.3 Å². The van der Waals surface area contributed by atoms with E-state index in [2.05, 4.69) is 15.1 Å². The Labute approximate surface area is 165 Å². The van der Waals surface area contributed by atoms with Crippen molar-refractivity contribution in [3.05, 3.63) is 77.7 Å². The molecular formula is C20H16N4O3S. The van der Waals surface area contributed by atoms with Crippen LogP contribution >= 0.6 is 11.3 Å². The molecule has 4 rings (SSSR count). The van der Waals surface area contributed by atoms with Gasteiger partial charge in [-0.25, -0.2) is 19.4 Å². The quantitative estimate of drug-likeness (QED) is 0.465. The minimum Gasteiger partial charge on any atom is -0.497 e. The fourth-order valence-electron chi connectivity index (χ4n) is 2.51. The molecular weight excluding hydrogens is 376 g/mol. The van der Waals surface area contributed by atoms with Gasteiger partial charge in [0.05, 0.1) is 18.4 Å². The smallest absolute Gasteiger partial charge is 0.340 e. The van der Waals surface area contributed by atoms with E-state index in [4.69, 9.17) is 9.47 Å². The van der Waals surface area contributed by atoms with Gasteiger partial charge in [-0.2, -0.15) is 5.10 Å². The Morgan fingerprint density at radius 3 is 2.71 bits per heavy atom. The van der Waals surface area contributed by atoms with E-state index >= 15 is 0 Å². The summed E-state index contributed by atoms with van der Waals surface area (Å²) in [6, 6.07) is 12.8. The van der Waals surface area contributed by atoms with E-state index in [9.17, 15) is 4.79 Å². The SMILES string of the molecule is COc1ccc(-c2nc(COC(=O)c3ccc(-n4cccn4)nc3)cs2)cc1. The third-order valence-electron chi connectivity index (χ3n) is 3.96. The number of benzene rings is 1. The van der Waals surface area contributed by atoms with E-state index in [1.54, 1.807) is 42.4 Å². The molecule has 0 atom stereocenters. The summed E-state index contributed by atoms with van der Waals surface area (Å²) >= 11 is 1.50. The predicted molar refractivity (Wildman–Crippen MR) is 105 cm³/mol. The summed E-state index contributed by atoms with van der Waals surface area (Å²) in [6.07, 6.45) is 4.92. The molecule has 0 saturated heterocycles. The highest BCUT2D eigenvalue weighted by atomic mass is 32.1. The van der Waals surface area contributed by atoms with Gasteiger partial charge < -0.3 is 9.47 Å². The molecule has 0 spiro atoms. The minimum absolute atomic E-state index is 0.104. The second-order valence-electron chi connectivity index (χ2n) is 5.80. The van der Waals surface area contributed by atoms with Gasteiger partial charge in [-0.3, -0.25) is 0 Å². The fourth-order valence-corrected chi connectivity index (χ4v) is 3.32. The molecule has 3 heterocycles. The molecule has 0 bridgehead atoms. The number of aromatic nitrogens is 4. The number of carbonyl (C=O) groups excluding carboxylic acids is 1. The predicted octanol–water partition coefficient (Wildman–Crippen LogP) is 3.76.